The third-order valence-corrected chi connectivity index (χ3v) is 4.14. The minimum atomic E-state index is 0.0267. The molecule has 1 aromatic heterocycles. The van der Waals surface area contributed by atoms with Gasteiger partial charge in [0.2, 0.25) is 0 Å². The number of pyridine rings is 1. The minimum Gasteiger partial charge on any atom is -0.496 e. The zero-order valence-corrected chi connectivity index (χ0v) is 12.9. The average molecular weight is 293 g/mol. The molecule has 1 aliphatic rings. The number of aromatic nitrogens is 1. The van der Waals surface area contributed by atoms with Gasteiger partial charge in [-0.3, -0.25) is 9.78 Å². The van der Waals surface area contributed by atoms with Gasteiger partial charge in [0.25, 0.3) is 0 Å². The van der Waals surface area contributed by atoms with E-state index in [1.54, 1.807) is 25.6 Å². The van der Waals surface area contributed by atoms with Crippen LogP contribution in [0.2, 0.25) is 0 Å². The van der Waals surface area contributed by atoms with Gasteiger partial charge in [-0.15, -0.1) is 0 Å². The van der Waals surface area contributed by atoms with Gasteiger partial charge >= 0.3 is 0 Å². The SMILES string of the molecule is CCc1cc2c(c(OC)c1)C(=O)C=C(c1ccncc1)CC2. The van der Waals surface area contributed by atoms with Gasteiger partial charge in [-0.25, -0.2) is 0 Å². The van der Waals surface area contributed by atoms with E-state index in [9.17, 15) is 4.79 Å². The van der Waals surface area contributed by atoms with Crippen molar-refractivity contribution < 1.29 is 9.53 Å². The number of ether oxygens (including phenoxy) is 1. The molecule has 0 N–H and O–H groups in total. The first-order chi connectivity index (χ1) is 10.7. The molecule has 0 unspecified atom stereocenters. The van der Waals surface area contributed by atoms with E-state index in [4.69, 9.17) is 4.74 Å². The number of methoxy groups -OCH3 is 1. The maximum atomic E-state index is 12.7. The van der Waals surface area contributed by atoms with E-state index in [2.05, 4.69) is 18.0 Å². The summed E-state index contributed by atoms with van der Waals surface area (Å²) in [5, 5.41) is 0. The first-order valence-corrected chi connectivity index (χ1v) is 7.58. The lowest BCUT2D eigenvalue weighted by Gasteiger charge is -2.12. The summed E-state index contributed by atoms with van der Waals surface area (Å²) in [5.41, 5.74) is 5.12. The quantitative estimate of drug-likeness (QED) is 0.862. The first-order valence-electron chi connectivity index (χ1n) is 7.58. The van der Waals surface area contributed by atoms with Gasteiger partial charge < -0.3 is 4.74 Å². The third-order valence-electron chi connectivity index (χ3n) is 4.14. The van der Waals surface area contributed by atoms with Crippen molar-refractivity contribution in [2.75, 3.05) is 7.11 Å². The average Bonchev–Trinajstić information content (AvgIpc) is 2.74. The second-order valence-electron chi connectivity index (χ2n) is 5.46. The Hall–Kier alpha value is -2.42. The number of fused-ring (bicyclic) bond motifs is 1. The minimum absolute atomic E-state index is 0.0267. The van der Waals surface area contributed by atoms with Crippen LogP contribution >= 0.6 is 0 Å². The molecule has 22 heavy (non-hydrogen) atoms. The number of aryl methyl sites for hydroxylation is 2. The van der Waals surface area contributed by atoms with Crippen LogP contribution in [-0.4, -0.2) is 17.9 Å². The van der Waals surface area contributed by atoms with Gasteiger partial charge in [0.05, 0.1) is 12.7 Å². The van der Waals surface area contributed by atoms with Gasteiger partial charge in [-0.05, 0) is 65.8 Å². The molecule has 0 fully saturated rings. The highest BCUT2D eigenvalue weighted by Gasteiger charge is 2.21. The summed E-state index contributed by atoms with van der Waals surface area (Å²) < 4.78 is 5.46. The summed E-state index contributed by atoms with van der Waals surface area (Å²) in [4.78, 5) is 16.7. The van der Waals surface area contributed by atoms with Gasteiger partial charge in [0.1, 0.15) is 5.75 Å². The molecule has 0 saturated heterocycles. The Morgan fingerprint density at radius 2 is 1.95 bits per heavy atom. The number of carbonyl (C=O) groups is 1. The van der Waals surface area contributed by atoms with Crippen LogP contribution in [0.25, 0.3) is 5.57 Å². The van der Waals surface area contributed by atoms with Crippen LogP contribution < -0.4 is 4.74 Å². The topological polar surface area (TPSA) is 39.2 Å². The Bertz CT molecular complexity index is 733. The third kappa shape index (κ3) is 2.67. The fourth-order valence-electron chi connectivity index (χ4n) is 2.94. The fourth-order valence-corrected chi connectivity index (χ4v) is 2.94. The normalized spacial score (nSPS) is 14.1. The summed E-state index contributed by atoms with van der Waals surface area (Å²) in [6, 6.07) is 8.01. The molecule has 1 aliphatic carbocycles. The monoisotopic (exact) mass is 293 g/mol. The van der Waals surface area contributed by atoms with Crippen molar-refractivity contribution in [3.63, 3.8) is 0 Å². The van der Waals surface area contributed by atoms with E-state index in [-0.39, 0.29) is 5.78 Å². The fraction of sp³-hybridized carbons (Fsp3) is 0.263. The predicted octanol–water partition coefficient (Wildman–Crippen LogP) is 3.87. The summed E-state index contributed by atoms with van der Waals surface area (Å²) in [6.45, 7) is 2.11. The highest BCUT2D eigenvalue weighted by atomic mass is 16.5. The number of hydrogen-bond donors (Lipinski definition) is 0. The van der Waals surface area contributed by atoms with Crippen LogP contribution in [0.4, 0.5) is 0 Å². The van der Waals surface area contributed by atoms with Crippen molar-refractivity contribution in [2.45, 2.75) is 26.2 Å². The Kier molecular flexibility index (Phi) is 4.05. The van der Waals surface area contributed by atoms with E-state index in [0.29, 0.717) is 11.3 Å². The molecule has 0 spiro atoms. The van der Waals surface area contributed by atoms with E-state index < -0.39 is 0 Å². The second-order valence-corrected chi connectivity index (χ2v) is 5.46. The smallest absolute Gasteiger partial charge is 0.190 e. The van der Waals surface area contributed by atoms with Gasteiger partial charge in [-0.1, -0.05) is 13.0 Å². The molecule has 0 aliphatic heterocycles. The van der Waals surface area contributed by atoms with Crippen LogP contribution in [0, 0.1) is 0 Å². The summed E-state index contributed by atoms with van der Waals surface area (Å²) in [5.74, 6) is 0.713. The zero-order chi connectivity index (χ0) is 15.5. The maximum Gasteiger partial charge on any atom is 0.190 e. The molecule has 3 nitrogen and oxygen atoms in total. The number of rotatable bonds is 3. The number of carbonyl (C=O) groups excluding carboxylic acids is 1. The van der Waals surface area contributed by atoms with Crippen molar-refractivity contribution in [2.24, 2.45) is 0 Å². The van der Waals surface area contributed by atoms with Crippen molar-refractivity contribution >= 4 is 11.4 Å². The van der Waals surface area contributed by atoms with E-state index in [0.717, 1.165) is 36.0 Å². The standard InChI is InChI=1S/C19H19NO2/c1-3-13-10-16-5-4-15(14-6-8-20-9-7-14)12-17(21)19(16)18(11-13)22-2/h6-12H,3-5H2,1-2H3. The molecule has 3 rings (SSSR count). The molecule has 1 aromatic carbocycles. The molecule has 0 bridgehead atoms. The lowest BCUT2D eigenvalue weighted by Crippen LogP contribution is -2.04. The van der Waals surface area contributed by atoms with Crippen LogP contribution in [0.5, 0.6) is 5.75 Å². The second kappa shape index (κ2) is 6.14. The summed E-state index contributed by atoms with van der Waals surface area (Å²) >= 11 is 0. The van der Waals surface area contributed by atoms with Gasteiger partial charge in [-0.2, -0.15) is 0 Å². The molecule has 0 atom stereocenters. The Morgan fingerprint density at radius 3 is 2.64 bits per heavy atom. The molecule has 3 heteroatoms. The number of nitrogens with zero attached hydrogens (tertiary/aromatic N) is 1. The Morgan fingerprint density at radius 1 is 1.18 bits per heavy atom. The number of ketones is 1. The molecule has 0 saturated carbocycles. The van der Waals surface area contributed by atoms with Crippen molar-refractivity contribution in [1.29, 1.82) is 0 Å². The van der Waals surface area contributed by atoms with Crippen LogP contribution in [0.15, 0.2) is 42.7 Å². The molecule has 0 radical (unpaired) electrons. The molecule has 2 aromatic rings. The lowest BCUT2D eigenvalue weighted by atomic mass is 9.96. The molecule has 1 heterocycles. The van der Waals surface area contributed by atoms with Crippen molar-refractivity contribution in [1.82, 2.24) is 4.98 Å². The highest BCUT2D eigenvalue weighted by molar-refractivity contribution is 6.12. The first kappa shape index (κ1) is 14.5. The van der Waals surface area contributed by atoms with E-state index in [1.165, 1.54) is 5.56 Å². The number of hydrogen-bond acceptors (Lipinski definition) is 3. The van der Waals surface area contributed by atoms with E-state index >= 15 is 0 Å². The largest absolute Gasteiger partial charge is 0.496 e. The zero-order valence-electron chi connectivity index (χ0n) is 12.9. The molecular weight excluding hydrogens is 274 g/mol. The number of allylic oxidation sites excluding steroid dienone is 2. The van der Waals surface area contributed by atoms with Crippen LogP contribution in [0.1, 0.15) is 40.4 Å². The van der Waals surface area contributed by atoms with Crippen molar-refractivity contribution in [3.8, 4) is 5.75 Å². The Labute approximate surface area is 130 Å². The number of benzene rings is 1. The summed E-state index contributed by atoms with van der Waals surface area (Å²) in [6.07, 6.45) is 7.89. The van der Waals surface area contributed by atoms with Gasteiger partial charge in [0.15, 0.2) is 5.78 Å². The molecule has 112 valence electrons. The van der Waals surface area contributed by atoms with E-state index in [1.807, 2.05) is 18.2 Å². The molecular formula is C19H19NO2. The summed E-state index contributed by atoms with van der Waals surface area (Å²) in [7, 11) is 1.63. The highest BCUT2D eigenvalue weighted by Crippen LogP contribution is 2.32. The maximum absolute atomic E-state index is 12.7. The molecule has 0 amide bonds. The van der Waals surface area contributed by atoms with Crippen LogP contribution in [0.3, 0.4) is 0 Å². The Balaban J connectivity index is 2.06. The van der Waals surface area contributed by atoms with Crippen molar-refractivity contribution in [3.05, 3.63) is 65.0 Å². The van der Waals surface area contributed by atoms with Crippen LogP contribution in [-0.2, 0) is 12.8 Å². The lowest BCUT2D eigenvalue weighted by molar-refractivity contribution is 0.104. The predicted molar refractivity (Wildman–Crippen MR) is 87.2 cm³/mol. The van der Waals surface area contributed by atoms with Gasteiger partial charge in [0, 0.05) is 12.4 Å².